The van der Waals surface area contributed by atoms with E-state index < -0.39 is 28.5 Å². The van der Waals surface area contributed by atoms with Gasteiger partial charge in [-0.3, -0.25) is 13.9 Å². The molecular formula is C37H42ClN3O4S. The SMILES string of the molecule is CC[C@H](C)NC(=O)[C@H](Cc1ccccc1)N(Cc1cccc(C)c1)C(=O)CN(c1ccc(C)c(C)c1)S(=O)(=O)c1ccc(Cl)cc1. The molecule has 0 spiro atoms. The van der Waals surface area contributed by atoms with Crippen LogP contribution in [0.25, 0.3) is 0 Å². The molecule has 46 heavy (non-hydrogen) atoms. The summed E-state index contributed by atoms with van der Waals surface area (Å²) in [7, 11) is -4.21. The molecule has 0 saturated carbocycles. The normalized spacial score (nSPS) is 12.7. The molecule has 2 amide bonds. The van der Waals surface area contributed by atoms with E-state index in [2.05, 4.69) is 5.32 Å². The molecule has 9 heteroatoms. The largest absolute Gasteiger partial charge is 0.352 e. The molecule has 0 aliphatic carbocycles. The number of nitrogens with zero attached hydrogens (tertiary/aromatic N) is 2. The molecule has 0 unspecified atom stereocenters. The van der Waals surface area contributed by atoms with E-state index in [9.17, 15) is 18.0 Å². The molecule has 0 fully saturated rings. The Balaban J connectivity index is 1.83. The van der Waals surface area contributed by atoms with Gasteiger partial charge in [0.15, 0.2) is 0 Å². The minimum absolute atomic E-state index is 0.00325. The topological polar surface area (TPSA) is 86.8 Å². The van der Waals surface area contributed by atoms with Crippen molar-refractivity contribution < 1.29 is 18.0 Å². The molecule has 4 aromatic carbocycles. The molecule has 0 bridgehead atoms. The molecule has 7 nitrogen and oxygen atoms in total. The third-order valence-corrected chi connectivity index (χ3v) is 10.2. The van der Waals surface area contributed by atoms with Crippen LogP contribution in [0.3, 0.4) is 0 Å². The van der Waals surface area contributed by atoms with Gasteiger partial charge >= 0.3 is 0 Å². The van der Waals surface area contributed by atoms with Crippen LogP contribution in [-0.4, -0.2) is 43.8 Å². The molecule has 1 N–H and O–H groups in total. The Hall–Kier alpha value is -4.14. The predicted octanol–water partition coefficient (Wildman–Crippen LogP) is 7.02. The minimum Gasteiger partial charge on any atom is -0.352 e. The summed E-state index contributed by atoms with van der Waals surface area (Å²) in [5, 5.41) is 3.46. The lowest BCUT2D eigenvalue weighted by Gasteiger charge is -2.34. The van der Waals surface area contributed by atoms with Crippen LogP contribution in [0.2, 0.25) is 5.02 Å². The second-order valence-electron chi connectivity index (χ2n) is 11.8. The molecule has 4 aromatic rings. The lowest BCUT2D eigenvalue weighted by Crippen LogP contribution is -2.54. The van der Waals surface area contributed by atoms with Gasteiger partial charge in [0.2, 0.25) is 11.8 Å². The maximum atomic E-state index is 14.6. The van der Waals surface area contributed by atoms with E-state index in [1.165, 1.54) is 29.2 Å². The number of sulfonamides is 1. The highest BCUT2D eigenvalue weighted by Gasteiger charge is 2.35. The number of anilines is 1. The Morgan fingerprint density at radius 3 is 2.13 bits per heavy atom. The van der Waals surface area contributed by atoms with Gasteiger partial charge in [0.25, 0.3) is 10.0 Å². The van der Waals surface area contributed by atoms with Crippen molar-refractivity contribution in [1.82, 2.24) is 10.2 Å². The van der Waals surface area contributed by atoms with Crippen LogP contribution in [0.15, 0.2) is 102 Å². The third kappa shape index (κ3) is 8.77. The molecule has 0 aliphatic heterocycles. The summed E-state index contributed by atoms with van der Waals surface area (Å²) in [6.07, 6.45) is 0.976. The van der Waals surface area contributed by atoms with Crippen molar-refractivity contribution in [3.05, 3.63) is 130 Å². The van der Waals surface area contributed by atoms with Gasteiger partial charge in [0, 0.05) is 24.0 Å². The smallest absolute Gasteiger partial charge is 0.264 e. The van der Waals surface area contributed by atoms with Gasteiger partial charge in [-0.15, -0.1) is 0 Å². The Morgan fingerprint density at radius 1 is 0.826 bits per heavy atom. The van der Waals surface area contributed by atoms with E-state index in [0.717, 1.165) is 38.5 Å². The number of carbonyl (C=O) groups excluding carboxylic acids is 2. The molecule has 0 heterocycles. The first-order valence-corrected chi connectivity index (χ1v) is 17.3. The van der Waals surface area contributed by atoms with Gasteiger partial charge in [-0.25, -0.2) is 8.42 Å². The lowest BCUT2D eigenvalue weighted by molar-refractivity contribution is -0.140. The maximum Gasteiger partial charge on any atom is 0.264 e. The van der Waals surface area contributed by atoms with Crippen LogP contribution in [0.5, 0.6) is 0 Å². The standard InChI is InChI=1S/C37H42ClN3O4S/c1-6-29(5)39-37(43)35(23-30-12-8-7-9-13-30)40(24-31-14-10-11-26(2)21-31)36(42)25-41(33-18-15-27(3)28(4)22-33)46(44,45)34-19-16-32(38)17-20-34/h7-22,29,35H,6,23-25H2,1-5H3,(H,39,43)/t29-,35-/m0/s1. The number of hydrogen-bond acceptors (Lipinski definition) is 4. The molecule has 4 rings (SSSR count). The first kappa shape index (κ1) is 34.7. The van der Waals surface area contributed by atoms with Crippen LogP contribution in [0.4, 0.5) is 5.69 Å². The lowest BCUT2D eigenvalue weighted by atomic mass is 10.0. The summed E-state index contributed by atoms with van der Waals surface area (Å²) >= 11 is 6.08. The Kier molecular flexibility index (Phi) is 11.7. The summed E-state index contributed by atoms with van der Waals surface area (Å²) < 4.78 is 29.6. The average molecular weight is 660 g/mol. The van der Waals surface area contributed by atoms with Gasteiger partial charge in [0.1, 0.15) is 12.6 Å². The van der Waals surface area contributed by atoms with Crippen molar-refractivity contribution in [2.24, 2.45) is 0 Å². The fourth-order valence-corrected chi connectivity index (χ4v) is 6.68. The molecule has 0 radical (unpaired) electrons. The van der Waals surface area contributed by atoms with Gasteiger partial charge in [0.05, 0.1) is 10.6 Å². The fraction of sp³-hybridized carbons (Fsp3) is 0.297. The van der Waals surface area contributed by atoms with Crippen molar-refractivity contribution in [3.8, 4) is 0 Å². The predicted molar refractivity (Wildman–Crippen MR) is 185 cm³/mol. The summed E-state index contributed by atoms with van der Waals surface area (Å²) in [4.78, 5) is 30.1. The van der Waals surface area contributed by atoms with Crippen molar-refractivity contribution in [1.29, 1.82) is 0 Å². The van der Waals surface area contributed by atoms with Crippen molar-refractivity contribution in [2.75, 3.05) is 10.8 Å². The average Bonchev–Trinajstić information content (AvgIpc) is 3.03. The number of benzene rings is 4. The highest BCUT2D eigenvalue weighted by atomic mass is 35.5. The van der Waals surface area contributed by atoms with E-state index in [1.54, 1.807) is 12.1 Å². The summed E-state index contributed by atoms with van der Waals surface area (Å²) in [5.41, 5.74) is 4.95. The van der Waals surface area contributed by atoms with Crippen LogP contribution in [0.1, 0.15) is 48.1 Å². The summed E-state index contributed by atoms with van der Waals surface area (Å²) in [6, 6.07) is 27.4. The zero-order chi connectivity index (χ0) is 33.4. The summed E-state index contributed by atoms with van der Waals surface area (Å²) in [5.74, 6) is -0.796. The van der Waals surface area contributed by atoms with Crippen LogP contribution in [-0.2, 0) is 32.6 Å². The number of aryl methyl sites for hydroxylation is 3. The Labute approximate surface area is 278 Å². The zero-order valence-electron chi connectivity index (χ0n) is 27.0. The molecule has 2 atom stereocenters. The van der Waals surface area contributed by atoms with Crippen LogP contribution in [0, 0.1) is 20.8 Å². The number of amides is 2. The molecule has 0 saturated heterocycles. The molecule has 0 aromatic heterocycles. The van der Waals surface area contributed by atoms with Gasteiger partial charge in [-0.1, -0.05) is 84.8 Å². The minimum atomic E-state index is -4.21. The number of hydrogen-bond donors (Lipinski definition) is 1. The third-order valence-electron chi connectivity index (χ3n) is 8.17. The fourth-order valence-electron chi connectivity index (χ4n) is 5.15. The van der Waals surface area contributed by atoms with E-state index >= 15 is 0 Å². The number of rotatable bonds is 13. The van der Waals surface area contributed by atoms with Crippen molar-refractivity contribution >= 4 is 39.1 Å². The first-order valence-electron chi connectivity index (χ1n) is 15.4. The van der Waals surface area contributed by atoms with E-state index in [-0.39, 0.29) is 29.8 Å². The van der Waals surface area contributed by atoms with E-state index in [1.807, 2.05) is 95.3 Å². The van der Waals surface area contributed by atoms with Gasteiger partial charge in [-0.05, 0) is 92.8 Å². The number of carbonyl (C=O) groups is 2. The van der Waals surface area contributed by atoms with Gasteiger partial charge in [-0.2, -0.15) is 0 Å². The number of halogens is 1. The first-order chi connectivity index (χ1) is 21.9. The number of nitrogens with one attached hydrogen (secondary N) is 1. The van der Waals surface area contributed by atoms with Crippen LogP contribution < -0.4 is 9.62 Å². The second kappa shape index (κ2) is 15.4. The van der Waals surface area contributed by atoms with E-state index in [4.69, 9.17) is 11.6 Å². The highest BCUT2D eigenvalue weighted by molar-refractivity contribution is 7.92. The Morgan fingerprint density at radius 2 is 1.50 bits per heavy atom. The molecule has 242 valence electrons. The van der Waals surface area contributed by atoms with Crippen molar-refractivity contribution in [2.45, 2.75) is 71.0 Å². The molecule has 0 aliphatic rings. The monoisotopic (exact) mass is 659 g/mol. The highest BCUT2D eigenvalue weighted by Crippen LogP contribution is 2.28. The maximum absolute atomic E-state index is 14.6. The Bertz CT molecular complexity index is 1760. The van der Waals surface area contributed by atoms with E-state index in [0.29, 0.717) is 10.7 Å². The summed E-state index contributed by atoms with van der Waals surface area (Å²) in [6.45, 7) is 9.31. The van der Waals surface area contributed by atoms with Crippen molar-refractivity contribution in [3.63, 3.8) is 0 Å². The quantitative estimate of drug-likeness (QED) is 0.167. The zero-order valence-corrected chi connectivity index (χ0v) is 28.6. The van der Waals surface area contributed by atoms with Gasteiger partial charge < -0.3 is 10.2 Å². The molecular weight excluding hydrogens is 618 g/mol. The van der Waals surface area contributed by atoms with Crippen LogP contribution >= 0.6 is 11.6 Å². The second-order valence-corrected chi connectivity index (χ2v) is 14.1.